The van der Waals surface area contributed by atoms with Crippen LogP contribution in [0.5, 0.6) is 0 Å². The summed E-state index contributed by atoms with van der Waals surface area (Å²) in [6.07, 6.45) is -2.29. The molecule has 162 valence electrons. The van der Waals surface area contributed by atoms with Gasteiger partial charge >= 0.3 is 6.18 Å². The molecule has 0 bridgehead atoms. The first-order valence-corrected chi connectivity index (χ1v) is 10.3. The Hall–Kier alpha value is -1.81. The second-order valence-corrected chi connectivity index (χ2v) is 8.01. The molecular formula is C19H27F3N4O3. The molecule has 29 heavy (non-hydrogen) atoms. The molecule has 1 aromatic heterocycles. The van der Waals surface area contributed by atoms with Crippen LogP contribution in [0.25, 0.3) is 0 Å². The molecule has 0 saturated carbocycles. The summed E-state index contributed by atoms with van der Waals surface area (Å²) in [5, 5.41) is 0. The van der Waals surface area contributed by atoms with Crippen LogP contribution in [0, 0.1) is 0 Å². The molecule has 0 N–H and O–H groups in total. The van der Waals surface area contributed by atoms with E-state index in [1.165, 1.54) is 15.5 Å². The third-order valence-corrected chi connectivity index (χ3v) is 5.95. The average molecular weight is 416 g/mol. The summed E-state index contributed by atoms with van der Waals surface area (Å²) in [4.78, 5) is 20.5. The maximum atomic E-state index is 13.8. The van der Waals surface area contributed by atoms with Gasteiger partial charge in [0.05, 0.1) is 25.4 Å². The molecule has 2 fully saturated rings. The third kappa shape index (κ3) is 4.23. The molecule has 7 nitrogen and oxygen atoms in total. The minimum atomic E-state index is -4.40. The number of alkyl halides is 3. The van der Waals surface area contributed by atoms with Crippen molar-refractivity contribution < 1.29 is 22.6 Å². The standard InChI is InChI=1S/C19H27F3N4O3/c1-13-12-28-9-7-24(13)16-10-17(27)25-6-5-15(19(20,21)22)26(18(25)23-16)11-14-4-2-3-8-29-14/h10,13-15H,2-9,11-12H2,1H3. The second-order valence-electron chi connectivity index (χ2n) is 8.01. The van der Waals surface area contributed by atoms with E-state index < -0.39 is 12.2 Å². The fourth-order valence-corrected chi connectivity index (χ4v) is 4.39. The largest absolute Gasteiger partial charge is 0.408 e. The molecule has 1 aromatic rings. The lowest BCUT2D eigenvalue weighted by atomic mass is 10.1. The number of aromatic nitrogens is 2. The summed E-state index contributed by atoms with van der Waals surface area (Å²) in [6, 6.07) is -0.248. The molecule has 4 heterocycles. The van der Waals surface area contributed by atoms with Crippen LogP contribution in [-0.2, 0) is 16.0 Å². The van der Waals surface area contributed by atoms with Crippen LogP contribution in [0.15, 0.2) is 10.9 Å². The summed E-state index contributed by atoms with van der Waals surface area (Å²) in [7, 11) is 0. The number of hydrogen-bond donors (Lipinski definition) is 0. The van der Waals surface area contributed by atoms with Crippen LogP contribution in [0.2, 0.25) is 0 Å². The zero-order valence-electron chi connectivity index (χ0n) is 16.5. The Morgan fingerprint density at radius 3 is 2.72 bits per heavy atom. The summed E-state index contributed by atoms with van der Waals surface area (Å²) in [5.74, 6) is 0.503. The number of halogens is 3. The Bertz CT molecular complexity index is 779. The quantitative estimate of drug-likeness (QED) is 0.753. The molecule has 0 aliphatic carbocycles. The molecule has 3 unspecified atom stereocenters. The highest BCUT2D eigenvalue weighted by Gasteiger charge is 2.47. The highest BCUT2D eigenvalue weighted by molar-refractivity contribution is 5.47. The van der Waals surface area contributed by atoms with Crippen LogP contribution in [-0.4, -0.2) is 66.8 Å². The first kappa shape index (κ1) is 20.5. The lowest BCUT2D eigenvalue weighted by Gasteiger charge is -2.42. The Balaban J connectivity index is 1.72. The third-order valence-electron chi connectivity index (χ3n) is 5.95. The van der Waals surface area contributed by atoms with Gasteiger partial charge in [0.15, 0.2) is 0 Å². The minimum Gasteiger partial charge on any atom is -0.377 e. The van der Waals surface area contributed by atoms with E-state index >= 15 is 0 Å². The van der Waals surface area contributed by atoms with Crippen molar-refractivity contribution in [2.24, 2.45) is 0 Å². The van der Waals surface area contributed by atoms with Crippen molar-refractivity contribution in [3.05, 3.63) is 16.4 Å². The molecule has 3 aliphatic heterocycles. The number of rotatable bonds is 3. The number of anilines is 2. The van der Waals surface area contributed by atoms with E-state index in [4.69, 9.17) is 9.47 Å². The van der Waals surface area contributed by atoms with Crippen LogP contribution in [0.4, 0.5) is 24.9 Å². The van der Waals surface area contributed by atoms with Crippen molar-refractivity contribution in [1.29, 1.82) is 0 Å². The summed E-state index contributed by atoms with van der Waals surface area (Å²) in [6.45, 7) is 4.13. The number of fused-ring (bicyclic) bond motifs is 1. The van der Waals surface area contributed by atoms with E-state index in [9.17, 15) is 18.0 Å². The summed E-state index contributed by atoms with van der Waals surface area (Å²) >= 11 is 0. The van der Waals surface area contributed by atoms with Crippen LogP contribution >= 0.6 is 0 Å². The van der Waals surface area contributed by atoms with Gasteiger partial charge in [0.25, 0.3) is 5.56 Å². The van der Waals surface area contributed by atoms with E-state index in [0.717, 1.165) is 12.8 Å². The molecule has 3 aliphatic rings. The zero-order chi connectivity index (χ0) is 20.6. The van der Waals surface area contributed by atoms with Gasteiger partial charge in [-0.3, -0.25) is 9.36 Å². The Labute approximate surface area is 167 Å². The summed E-state index contributed by atoms with van der Waals surface area (Å²) in [5.41, 5.74) is -0.320. The number of ether oxygens (including phenoxy) is 2. The Morgan fingerprint density at radius 2 is 2.03 bits per heavy atom. The average Bonchev–Trinajstić information content (AvgIpc) is 2.68. The van der Waals surface area contributed by atoms with E-state index in [-0.39, 0.29) is 43.2 Å². The lowest BCUT2D eigenvalue weighted by molar-refractivity contribution is -0.154. The molecule has 0 amide bonds. The predicted octanol–water partition coefficient (Wildman–Crippen LogP) is 2.18. The molecule has 0 spiro atoms. The lowest BCUT2D eigenvalue weighted by Crippen LogP contribution is -2.55. The second kappa shape index (κ2) is 8.14. The molecule has 10 heteroatoms. The number of hydrogen-bond acceptors (Lipinski definition) is 6. The fraction of sp³-hybridized carbons (Fsp3) is 0.789. The van der Waals surface area contributed by atoms with E-state index in [0.29, 0.717) is 38.6 Å². The van der Waals surface area contributed by atoms with Crippen molar-refractivity contribution >= 4 is 11.8 Å². The Morgan fingerprint density at radius 1 is 1.21 bits per heavy atom. The highest BCUT2D eigenvalue weighted by Crippen LogP contribution is 2.35. The van der Waals surface area contributed by atoms with Gasteiger partial charge in [-0.05, 0) is 32.6 Å². The van der Waals surface area contributed by atoms with Crippen molar-refractivity contribution in [3.63, 3.8) is 0 Å². The van der Waals surface area contributed by atoms with Crippen molar-refractivity contribution in [3.8, 4) is 0 Å². The number of morpholine rings is 1. The van der Waals surface area contributed by atoms with Crippen molar-refractivity contribution in [1.82, 2.24) is 9.55 Å². The minimum absolute atomic E-state index is 0.00386. The molecule has 0 aromatic carbocycles. The highest BCUT2D eigenvalue weighted by atomic mass is 19.4. The first-order valence-electron chi connectivity index (χ1n) is 10.3. The van der Waals surface area contributed by atoms with Crippen molar-refractivity contribution in [2.45, 2.75) is 63.5 Å². The van der Waals surface area contributed by atoms with Crippen molar-refractivity contribution in [2.75, 3.05) is 42.7 Å². The van der Waals surface area contributed by atoms with E-state index in [1.54, 1.807) is 0 Å². The smallest absolute Gasteiger partial charge is 0.377 e. The first-order chi connectivity index (χ1) is 13.8. The topological polar surface area (TPSA) is 59.8 Å². The maximum Gasteiger partial charge on any atom is 0.408 e. The maximum absolute atomic E-state index is 13.8. The van der Waals surface area contributed by atoms with Crippen LogP contribution < -0.4 is 15.4 Å². The van der Waals surface area contributed by atoms with Crippen LogP contribution in [0.3, 0.4) is 0 Å². The zero-order valence-corrected chi connectivity index (χ0v) is 16.5. The van der Waals surface area contributed by atoms with Gasteiger partial charge in [-0.15, -0.1) is 0 Å². The molecule has 2 saturated heterocycles. The van der Waals surface area contributed by atoms with E-state index in [1.807, 2.05) is 11.8 Å². The normalized spacial score (nSPS) is 28.3. The SMILES string of the molecule is CC1COCCN1c1cc(=O)n2c(n1)N(CC1CCCCO1)C(C(F)(F)F)CC2. The van der Waals surface area contributed by atoms with Gasteiger partial charge in [0.1, 0.15) is 11.9 Å². The summed E-state index contributed by atoms with van der Waals surface area (Å²) < 4.78 is 54.0. The number of nitrogens with zero attached hydrogens (tertiary/aromatic N) is 4. The monoisotopic (exact) mass is 416 g/mol. The van der Waals surface area contributed by atoms with Gasteiger partial charge < -0.3 is 19.3 Å². The molecule has 4 rings (SSSR count). The van der Waals surface area contributed by atoms with Gasteiger partial charge in [-0.25, -0.2) is 0 Å². The van der Waals surface area contributed by atoms with Gasteiger partial charge in [-0.2, -0.15) is 18.2 Å². The van der Waals surface area contributed by atoms with Gasteiger partial charge in [-0.1, -0.05) is 0 Å². The van der Waals surface area contributed by atoms with Crippen LogP contribution in [0.1, 0.15) is 32.6 Å². The Kier molecular flexibility index (Phi) is 5.74. The fourth-order valence-electron chi connectivity index (χ4n) is 4.39. The van der Waals surface area contributed by atoms with Gasteiger partial charge in [0.2, 0.25) is 5.95 Å². The molecule has 3 atom stereocenters. The molecule has 0 radical (unpaired) electrons. The molecular weight excluding hydrogens is 389 g/mol. The van der Waals surface area contributed by atoms with Gasteiger partial charge in [0, 0.05) is 32.3 Å². The van der Waals surface area contributed by atoms with E-state index in [2.05, 4.69) is 4.98 Å². The predicted molar refractivity (Wildman–Crippen MR) is 102 cm³/mol.